The minimum Gasteiger partial charge on any atom is -1.00 e. The molecule has 9 heteroatoms. The van der Waals surface area contributed by atoms with Crippen molar-refractivity contribution in [1.29, 1.82) is 0 Å². The Morgan fingerprint density at radius 1 is 1.45 bits per heavy atom. The molecule has 0 saturated carbocycles. The van der Waals surface area contributed by atoms with Gasteiger partial charge in [-0.25, -0.2) is 5.14 Å². The summed E-state index contributed by atoms with van der Waals surface area (Å²) in [4.78, 5) is 0. The maximum atomic E-state index is 10.1. The number of hydrogen-bond donors (Lipinski definition) is 1. The molecule has 0 aromatic carbocycles. The van der Waals surface area contributed by atoms with Crippen molar-refractivity contribution in [2.24, 2.45) is 5.14 Å². The molecule has 0 unspecified atom stereocenters. The van der Waals surface area contributed by atoms with Crippen molar-refractivity contribution in [2.75, 3.05) is 6.61 Å². The first-order valence-corrected chi connectivity index (χ1v) is 4.55. The van der Waals surface area contributed by atoms with Gasteiger partial charge in [0.2, 0.25) is 3.79 Å². The maximum Gasteiger partial charge on any atom is 1.00 e. The third-order valence-electron chi connectivity index (χ3n) is 0.387. The van der Waals surface area contributed by atoms with Crippen LogP contribution in [0.2, 0.25) is 0 Å². The first-order chi connectivity index (χ1) is 4.21. The monoisotopic (exact) mass is 235 g/mol. The molecule has 0 aliphatic rings. The van der Waals surface area contributed by atoms with Crippen LogP contribution in [-0.2, 0) is 14.5 Å². The van der Waals surface area contributed by atoms with Crippen LogP contribution in [0.3, 0.4) is 0 Å². The molecule has 0 aromatic rings. The molecule has 0 atom stereocenters. The van der Waals surface area contributed by atoms with E-state index in [9.17, 15) is 8.42 Å². The molecule has 0 heterocycles. The molecule has 0 amide bonds. The molecule has 64 valence electrons. The largest absolute Gasteiger partial charge is 1.00 e. The molecule has 4 nitrogen and oxygen atoms in total. The van der Waals surface area contributed by atoms with E-state index in [0.717, 1.165) is 0 Å². The maximum absolute atomic E-state index is 10.1. The number of rotatable bonds is 2. The molecule has 0 radical (unpaired) electrons. The van der Waals surface area contributed by atoms with Gasteiger partial charge in [0.25, 0.3) is 0 Å². The van der Waals surface area contributed by atoms with E-state index < -0.39 is 20.7 Å². The van der Waals surface area contributed by atoms with E-state index >= 15 is 0 Å². The van der Waals surface area contributed by atoms with Gasteiger partial charge in [-0.3, -0.25) is 4.18 Å². The van der Waals surface area contributed by atoms with Crippen molar-refractivity contribution >= 4 is 45.1 Å². The van der Waals surface area contributed by atoms with Crippen LogP contribution in [-0.4, -0.2) is 18.8 Å². The average Bonchev–Trinajstić information content (AvgIpc) is 1.57. The second-order valence-electron chi connectivity index (χ2n) is 1.37. The first kappa shape index (κ1) is 14.8. The van der Waals surface area contributed by atoms with Gasteiger partial charge in [-0.1, -0.05) is 34.8 Å². The van der Waals surface area contributed by atoms with Crippen LogP contribution in [0.4, 0.5) is 0 Å². The van der Waals surface area contributed by atoms with Gasteiger partial charge in [0.05, 0.1) is 0 Å². The Morgan fingerprint density at radius 2 is 1.82 bits per heavy atom. The smallest absolute Gasteiger partial charge is 1.00 e. The molecule has 0 bridgehead atoms. The van der Waals surface area contributed by atoms with E-state index in [1.54, 1.807) is 0 Å². The molecule has 11 heavy (non-hydrogen) atoms. The van der Waals surface area contributed by atoms with Crippen molar-refractivity contribution < 1.29 is 32.9 Å². The van der Waals surface area contributed by atoms with Crippen molar-refractivity contribution in [3.05, 3.63) is 0 Å². The van der Waals surface area contributed by atoms with Crippen LogP contribution in [0.15, 0.2) is 0 Å². The zero-order chi connectivity index (χ0) is 8.41. The van der Waals surface area contributed by atoms with Gasteiger partial charge in [0.15, 0.2) is 0 Å². The summed E-state index contributed by atoms with van der Waals surface area (Å²) in [5, 5.41) is 4.42. The molecule has 2 N–H and O–H groups in total. The normalized spacial score (nSPS) is 12.4. The van der Waals surface area contributed by atoms with Crippen molar-refractivity contribution in [2.45, 2.75) is 3.79 Å². The van der Waals surface area contributed by atoms with Crippen LogP contribution in [0.1, 0.15) is 1.43 Å². The predicted octanol–water partition coefficient (Wildman–Crippen LogP) is -2.31. The standard InChI is InChI=1S/C2H4Cl3NO3S.Li.H/c3-2(4,5)1-9-10(6,7)8;;/h1H2,(H2,6,7,8);;/q;+1;-1. The minimum atomic E-state index is -4.01. The van der Waals surface area contributed by atoms with E-state index in [-0.39, 0.29) is 20.3 Å². The SMILES string of the molecule is NS(=O)(=O)OCC(Cl)(Cl)Cl.[H-].[Li+]. The average molecular weight is 236 g/mol. The fraction of sp³-hybridized carbons (Fsp3) is 1.00. The van der Waals surface area contributed by atoms with Gasteiger partial charge in [0, 0.05) is 0 Å². The van der Waals surface area contributed by atoms with E-state index in [1.807, 2.05) is 0 Å². The molecule has 0 fully saturated rings. The Hall–Kier alpha value is 1.34. The summed E-state index contributed by atoms with van der Waals surface area (Å²) in [5.41, 5.74) is 0. The second-order valence-corrected chi connectivity index (χ2v) is 5.11. The number of alkyl halides is 3. The van der Waals surface area contributed by atoms with E-state index in [4.69, 9.17) is 34.8 Å². The van der Waals surface area contributed by atoms with Gasteiger partial charge in [-0.2, -0.15) is 8.42 Å². The molecule has 0 rings (SSSR count). The van der Waals surface area contributed by atoms with Crippen LogP contribution < -0.4 is 24.0 Å². The molecule has 0 aliphatic heterocycles. The first-order valence-electron chi connectivity index (χ1n) is 1.94. The Labute approximate surface area is 93.2 Å². The van der Waals surface area contributed by atoms with Crippen molar-refractivity contribution in [3.8, 4) is 0 Å². The topological polar surface area (TPSA) is 69.4 Å². The van der Waals surface area contributed by atoms with Gasteiger partial charge in [0.1, 0.15) is 6.61 Å². The van der Waals surface area contributed by atoms with Crippen molar-refractivity contribution in [3.63, 3.8) is 0 Å². The number of halogens is 3. The van der Waals surface area contributed by atoms with E-state index in [2.05, 4.69) is 9.32 Å². The van der Waals surface area contributed by atoms with Gasteiger partial charge in [-0.05, 0) is 0 Å². The molecule has 0 spiro atoms. The van der Waals surface area contributed by atoms with Gasteiger partial charge in [-0.15, -0.1) is 0 Å². The summed E-state index contributed by atoms with van der Waals surface area (Å²) in [5.74, 6) is 0. The Morgan fingerprint density at radius 3 is 1.91 bits per heavy atom. The number of nitrogens with two attached hydrogens (primary N) is 1. The number of hydrogen-bond acceptors (Lipinski definition) is 3. The zero-order valence-electron chi connectivity index (χ0n) is 6.55. The fourth-order valence-corrected chi connectivity index (χ4v) is 0.848. The van der Waals surface area contributed by atoms with Gasteiger partial charge < -0.3 is 1.43 Å². The third kappa shape index (κ3) is 14.2. The summed E-state index contributed by atoms with van der Waals surface area (Å²) < 4.78 is 22.3. The summed E-state index contributed by atoms with van der Waals surface area (Å²) in [6.07, 6.45) is 0. The molecule has 0 saturated heterocycles. The van der Waals surface area contributed by atoms with Crippen LogP contribution in [0.25, 0.3) is 0 Å². The summed E-state index contributed by atoms with van der Waals surface area (Å²) in [7, 11) is -4.01. The fourth-order valence-electron chi connectivity index (χ4n) is 0.149. The minimum absolute atomic E-state index is 0. The van der Waals surface area contributed by atoms with Gasteiger partial charge >= 0.3 is 29.2 Å². The van der Waals surface area contributed by atoms with E-state index in [1.165, 1.54) is 0 Å². The summed E-state index contributed by atoms with van der Waals surface area (Å²) in [6, 6.07) is 0. The molecule has 0 aliphatic carbocycles. The Kier molecular flexibility index (Phi) is 6.95. The van der Waals surface area contributed by atoms with Crippen molar-refractivity contribution in [1.82, 2.24) is 0 Å². The zero-order valence-corrected chi connectivity index (χ0v) is 8.64. The second kappa shape index (κ2) is 5.15. The van der Waals surface area contributed by atoms with Crippen LogP contribution in [0.5, 0.6) is 0 Å². The Bertz CT molecular complexity index is 204. The summed E-state index contributed by atoms with van der Waals surface area (Å²) in [6.45, 7) is -0.587. The molecular formula is C2H5Cl3LiNO3S. The quantitative estimate of drug-likeness (QED) is 0.433. The van der Waals surface area contributed by atoms with Crippen LogP contribution >= 0.6 is 34.8 Å². The predicted molar refractivity (Wildman–Crippen MR) is 40.5 cm³/mol. The van der Waals surface area contributed by atoms with Crippen LogP contribution in [0, 0.1) is 0 Å². The Balaban J connectivity index is -0.000000405. The van der Waals surface area contributed by atoms with E-state index in [0.29, 0.717) is 0 Å². The molecular weight excluding hydrogens is 231 g/mol. The molecule has 0 aromatic heterocycles. The summed E-state index contributed by atoms with van der Waals surface area (Å²) >= 11 is 15.4. The third-order valence-corrected chi connectivity index (χ3v) is 1.16.